The lowest BCUT2D eigenvalue weighted by atomic mass is 10.4. The van der Waals surface area contributed by atoms with Gasteiger partial charge in [0.2, 0.25) is 0 Å². The standard InChI is InChI=1S/C5H12S/c1-4-5(2)6-3/h5H,4H2,1-3H3/t5-/m1/s1. The van der Waals surface area contributed by atoms with Crippen molar-refractivity contribution in [2.24, 2.45) is 0 Å². The summed E-state index contributed by atoms with van der Waals surface area (Å²) in [4.78, 5) is 0. The molecule has 1 heteroatoms. The fraction of sp³-hybridized carbons (Fsp3) is 1.00. The summed E-state index contributed by atoms with van der Waals surface area (Å²) >= 11 is 1.92. The molecule has 6 heavy (non-hydrogen) atoms. The van der Waals surface area contributed by atoms with E-state index in [1.807, 2.05) is 11.8 Å². The molecule has 0 aromatic carbocycles. The number of hydrogen-bond acceptors (Lipinski definition) is 1. The molecule has 0 aliphatic heterocycles. The van der Waals surface area contributed by atoms with Crippen LogP contribution in [0.25, 0.3) is 0 Å². The highest BCUT2D eigenvalue weighted by Gasteiger charge is 1.89. The van der Waals surface area contributed by atoms with Crippen LogP contribution in [0.3, 0.4) is 0 Å². The molecule has 0 saturated carbocycles. The van der Waals surface area contributed by atoms with Crippen molar-refractivity contribution in [3.8, 4) is 0 Å². The average Bonchev–Trinajstić information content (AvgIpc) is 1.65. The summed E-state index contributed by atoms with van der Waals surface area (Å²) in [6.45, 7) is 4.45. The van der Waals surface area contributed by atoms with Gasteiger partial charge in [-0.25, -0.2) is 0 Å². The maximum absolute atomic E-state index is 2.24. The van der Waals surface area contributed by atoms with Crippen molar-refractivity contribution in [3.05, 3.63) is 0 Å². The smallest absolute Gasteiger partial charge is 0.00133 e. The van der Waals surface area contributed by atoms with Gasteiger partial charge in [0.25, 0.3) is 0 Å². The maximum atomic E-state index is 2.24. The molecule has 0 fully saturated rings. The monoisotopic (exact) mass is 104 g/mol. The minimum absolute atomic E-state index is 0.852. The Morgan fingerprint density at radius 2 is 2.17 bits per heavy atom. The summed E-state index contributed by atoms with van der Waals surface area (Å²) in [5, 5.41) is 0.852. The van der Waals surface area contributed by atoms with E-state index in [0.717, 1.165) is 5.25 Å². The molecule has 38 valence electrons. The van der Waals surface area contributed by atoms with Crippen LogP contribution in [0.5, 0.6) is 0 Å². The van der Waals surface area contributed by atoms with Gasteiger partial charge in [0.1, 0.15) is 0 Å². The van der Waals surface area contributed by atoms with Gasteiger partial charge >= 0.3 is 0 Å². The number of rotatable bonds is 2. The maximum Gasteiger partial charge on any atom is 0.00133 e. The van der Waals surface area contributed by atoms with Gasteiger partial charge in [0.15, 0.2) is 0 Å². The first kappa shape index (κ1) is 6.35. The minimum atomic E-state index is 0.852. The van der Waals surface area contributed by atoms with E-state index in [2.05, 4.69) is 20.1 Å². The van der Waals surface area contributed by atoms with Gasteiger partial charge in [0, 0.05) is 5.25 Å². The highest BCUT2D eigenvalue weighted by Crippen LogP contribution is 2.06. The lowest BCUT2D eigenvalue weighted by Gasteiger charge is -1.98. The highest BCUT2D eigenvalue weighted by atomic mass is 32.2. The van der Waals surface area contributed by atoms with Crippen LogP contribution < -0.4 is 0 Å². The predicted molar refractivity (Wildman–Crippen MR) is 33.3 cm³/mol. The molecule has 0 heterocycles. The second-order valence-electron chi connectivity index (χ2n) is 1.45. The van der Waals surface area contributed by atoms with Crippen LogP contribution in [-0.2, 0) is 0 Å². The van der Waals surface area contributed by atoms with Gasteiger partial charge in [-0.2, -0.15) is 11.8 Å². The summed E-state index contributed by atoms with van der Waals surface area (Å²) in [5.74, 6) is 0. The second kappa shape index (κ2) is 3.54. The zero-order valence-electron chi connectivity index (χ0n) is 4.69. The summed E-state index contributed by atoms with van der Waals surface area (Å²) in [6, 6.07) is 0. The van der Waals surface area contributed by atoms with Crippen LogP contribution in [0.2, 0.25) is 0 Å². The number of thioether (sulfide) groups is 1. The quantitative estimate of drug-likeness (QED) is 0.517. The second-order valence-corrected chi connectivity index (χ2v) is 2.73. The SMILES string of the molecule is CC[C@@H](C)SC. The molecular formula is C5H12S. The van der Waals surface area contributed by atoms with Crippen LogP contribution in [0.15, 0.2) is 0 Å². The molecule has 0 spiro atoms. The van der Waals surface area contributed by atoms with Gasteiger partial charge in [-0.1, -0.05) is 13.8 Å². The van der Waals surface area contributed by atoms with E-state index in [4.69, 9.17) is 0 Å². The molecule has 0 saturated heterocycles. The Hall–Kier alpha value is 0.350. The molecule has 1 atom stereocenters. The van der Waals surface area contributed by atoms with Gasteiger partial charge < -0.3 is 0 Å². The predicted octanol–water partition coefficient (Wildman–Crippen LogP) is 2.15. The Morgan fingerprint density at radius 3 is 2.17 bits per heavy atom. The Bertz CT molecular complexity index is 23.1. The van der Waals surface area contributed by atoms with Gasteiger partial charge in [0.05, 0.1) is 0 Å². The molecule has 0 aromatic rings. The van der Waals surface area contributed by atoms with E-state index in [9.17, 15) is 0 Å². The Kier molecular flexibility index (Phi) is 3.74. The zero-order chi connectivity index (χ0) is 4.99. The largest absolute Gasteiger partial charge is 0.162 e. The van der Waals surface area contributed by atoms with Crippen LogP contribution in [-0.4, -0.2) is 11.5 Å². The van der Waals surface area contributed by atoms with Crippen LogP contribution in [0.4, 0.5) is 0 Å². The van der Waals surface area contributed by atoms with Gasteiger partial charge in [-0.15, -0.1) is 0 Å². The molecule has 0 rings (SSSR count). The lowest BCUT2D eigenvalue weighted by molar-refractivity contribution is 0.909. The summed E-state index contributed by atoms with van der Waals surface area (Å²) in [7, 11) is 0. The van der Waals surface area contributed by atoms with E-state index in [1.165, 1.54) is 6.42 Å². The molecule has 0 N–H and O–H groups in total. The van der Waals surface area contributed by atoms with E-state index < -0.39 is 0 Å². The fourth-order valence-corrected chi connectivity index (χ4v) is 0.500. The minimum Gasteiger partial charge on any atom is -0.162 e. The third-order valence-electron chi connectivity index (χ3n) is 0.977. The molecule has 0 bridgehead atoms. The topological polar surface area (TPSA) is 0 Å². The van der Waals surface area contributed by atoms with Gasteiger partial charge in [-0.05, 0) is 12.7 Å². The molecule has 0 aromatic heterocycles. The van der Waals surface area contributed by atoms with Crippen LogP contribution >= 0.6 is 11.8 Å². The number of hydrogen-bond donors (Lipinski definition) is 0. The molecule has 0 aliphatic carbocycles. The summed E-state index contributed by atoms with van der Waals surface area (Å²) < 4.78 is 0. The van der Waals surface area contributed by atoms with Crippen LogP contribution in [0.1, 0.15) is 20.3 Å². The van der Waals surface area contributed by atoms with Crippen LogP contribution in [0, 0.1) is 0 Å². The zero-order valence-corrected chi connectivity index (χ0v) is 5.51. The van der Waals surface area contributed by atoms with E-state index in [0.29, 0.717) is 0 Å². The fourth-order valence-electron chi connectivity index (χ4n) is 0.167. The molecule has 0 amide bonds. The van der Waals surface area contributed by atoms with Crippen molar-refractivity contribution in [2.75, 3.05) is 6.26 Å². The van der Waals surface area contributed by atoms with Crippen molar-refractivity contribution >= 4 is 11.8 Å². The average molecular weight is 104 g/mol. The summed E-state index contributed by atoms with van der Waals surface area (Å²) in [5.41, 5.74) is 0. The molecular weight excluding hydrogens is 92.1 g/mol. The third-order valence-corrected chi connectivity index (χ3v) is 2.12. The highest BCUT2D eigenvalue weighted by molar-refractivity contribution is 7.99. The van der Waals surface area contributed by atoms with E-state index in [1.54, 1.807) is 0 Å². The Morgan fingerprint density at radius 1 is 1.67 bits per heavy atom. The Balaban J connectivity index is 2.75. The van der Waals surface area contributed by atoms with Crippen molar-refractivity contribution in [1.82, 2.24) is 0 Å². The molecule has 0 aliphatic rings. The first-order chi connectivity index (χ1) is 2.81. The molecule has 0 nitrogen and oxygen atoms in total. The van der Waals surface area contributed by atoms with E-state index >= 15 is 0 Å². The Labute approximate surface area is 44.3 Å². The van der Waals surface area contributed by atoms with Crippen molar-refractivity contribution in [2.45, 2.75) is 25.5 Å². The van der Waals surface area contributed by atoms with E-state index in [-0.39, 0.29) is 0 Å². The third kappa shape index (κ3) is 2.58. The normalized spacial score (nSPS) is 14.5. The first-order valence-electron chi connectivity index (χ1n) is 2.34. The van der Waals surface area contributed by atoms with Crippen molar-refractivity contribution < 1.29 is 0 Å². The molecule has 0 unspecified atom stereocenters. The summed E-state index contributed by atoms with van der Waals surface area (Å²) in [6.07, 6.45) is 3.44. The van der Waals surface area contributed by atoms with Crippen molar-refractivity contribution in [1.29, 1.82) is 0 Å². The van der Waals surface area contributed by atoms with Gasteiger partial charge in [-0.3, -0.25) is 0 Å². The first-order valence-corrected chi connectivity index (χ1v) is 3.62. The molecule has 0 radical (unpaired) electrons. The lowest BCUT2D eigenvalue weighted by Crippen LogP contribution is -1.87. The van der Waals surface area contributed by atoms with Crippen molar-refractivity contribution in [3.63, 3.8) is 0 Å².